The number of rotatable bonds is 5. The van der Waals surface area contributed by atoms with Gasteiger partial charge in [-0.1, -0.05) is 17.7 Å². The average Bonchev–Trinajstić information content (AvgIpc) is 2.62. The van der Waals surface area contributed by atoms with Gasteiger partial charge in [-0.15, -0.1) is 0 Å². The van der Waals surface area contributed by atoms with Crippen LogP contribution in [-0.4, -0.2) is 54.8 Å². The molecule has 2 heterocycles. The van der Waals surface area contributed by atoms with Crippen molar-refractivity contribution in [3.05, 3.63) is 46.4 Å². The maximum Gasteiger partial charge on any atom is 0.260 e. The maximum atomic E-state index is 14.0. The summed E-state index contributed by atoms with van der Waals surface area (Å²) >= 11 is 5.94. The second-order valence-electron chi connectivity index (χ2n) is 7.02. The van der Waals surface area contributed by atoms with Crippen LogP contribution < -0.4 is 10.6 Å². The Bertz CT molecular complexity index is 792. The molecule has 28 heavy (non-hydrogen) atoms. The molecule has 9 heteroatoms. The number of nitrogens with zero attached hydrogens (tertiary/aromatic N) is 2. The van der Waals surface area contributed by atoms with Crippen molar-refractivity contribution < 1.29 is 18.0 Å². The van der Waals surface area contributed by atoms with Gasteiger partial charge < -0.3 is 10.6 Å². The number of carbonyl (C=O) groups excluding carboxylic acids is 1. The number of nitrogens with one attached hydrogen (secondary N) is 2. The summed E-state index contributed by atoms with van der Waals surface area (Å²) in [6, 6.07) is 3.50. The van der Waals surface area contributed by atoms with Crippen LogP contribution in [0.5, 0.6) is 0 Å². The molecular formula is C19H22ClF3N4O. The summed E-state index contributed by atoms with van der Waals surface area (Å²) in [5, 5.41) is 5.63. The third-order valence-corrected chi connectivity index (χ3v) is 5.22. The number of piperidine rings is 1. The number of aliphatic imine (C=N–C) groups is 1. The molecule has 1 aromatic carbocycles. The summed E-state index contributed by atoms with van der Waals surface area (Å²) in [5.41, 5.74) is 0.528. The van der Waals surface area contributed by atoms with Crippen LogP contribution in [0.15, 0.2) is 35.0 Å². The van der Waals surface area contributed by atoms with Crippen molar-refractivity contribution in [3.8, 4) is 0 Å². The van der Waals surface area contributed by atoms with Crippen LogP contribution in [-0.2, 0) is 0 Å². The highest BCUT2D eigenvalue weighted by molar-refractivity contribution is 6.33. The summed E-state index contributed by atoms with van der Waals surface area (Å²) in [7, 11) is 0. The maximum absolute atomic E-state index is 14.0. The zero-order valence-corrected chi connectivity index (χ0v) is 16.2. The summed E-state index contributed by atoms with van der Waals surface area (Å²) in [4.78, 5) is 18.4. The lowest BCUT2D eigenvalue weighted by molar-refractivity contribution is -0.0711. The van der Waals surface area contributed by atoms with E-state index in [-0.39, 0.29) is 23.6 Å². The SMILES string of the molecule is CC1=NCC(C(CNC(=O)c2c(F)cccc2Cl)N2CCCC(F)(F)C2)=CN1. The first-order valence-electron chi connectivity index (χ1n) is 9.07. The number of amides is 1. The van der Waals surface area contributed by atoms with Gasteiger partial charge >= 0.3 is 0 Å². The number of carbonyl (C=O) groups is 1. The summed E-state index contributed by atoms with van der Waals surface area (Å²) in [6.45, 7) is 2.29. The van der Waals surface area contributed by atoms with Crippen LogP contribution in [0.2, 0.25) is 5.02 Å². The highest BCUT2D eigenvalue weighted by Crippen LogP contribution is 2.29. The van der Waals surface area contributed by atoms with Crippen molar-refractivity contribution in [1.82, 2.24) is 15.5 Å². The van der Waals surface area contributed by atoms with Gasteiger partial charge in [-0.2, -0.15) is 0 Å². The number of benzene rings is 1. The zero-order chi connectivity index (χ0) is 20.3. The Morgan fingerprint density at radius 3 is 2.89 bits per heavy atom. The molecule has 0 bridgehead atoms. The third-order valence-electron chi connectivity index (χ3n) is 4.90. The van der Waals surface area contributed by atoms with Gasteiger partial charge in [0.1, 0.15) is 5.82 Å². The van der Waals surface area contributed by atoms with E-state index in [2.05, 4.69) is 15.6 Å². The van der Waals surface area contributed by atoms with Crippen LogP contribution in [0, 0.1) is 5.82 Å². The number of alkyl halides is 2. The molecule has 0 aliphatic carbocycles. The van der Waals surface area contributed by atoms with Gasteiger partial charge in [0.15, 0.2) is 0 Å². The van der Waals surface area contributed by atoms with E-state index >= 15 is 0 Å². The number of hydrogen-bond donors (Lipinski definition) is 2. The summed E-state index contributed by atoms with van der Waals surface area (Å²) in [6.07, 6.45) is 1.95. The van der Waals surface area contributed by atoms with Gasteiger partial charge in [-0.25, -0.2) is 13.2 Å². The van der Waals surface area contributed by atoms with Crippen LogP contribution >= 0.6 is 11.6 Å². The molecule has 3 rings (SSSR count). The normalized spacial score (nSPS) is 20.6. The first kappa shape index (κ1) is 20.7. The number of hydrogen-bond acceptors (Lipinski definition) is 4. The molecule has 2 N–H and O–H groups in total. The van der Waals surface area contributed by atoms with Crippen LogP contribution in [0.3, 0.4) is 0 Å². The van der Waals surface area contributed by atoms with Crippen molar-refractivity contribution in [2.45, 2.75) is 31.7 Å². The second-order valence-corrected chi connectivity index (χ2v) is 7.42. The van der Waals surface area contributed by atoms with E-state index in [0.717, 1.165) is 17.5 Å². The first-order chi connectivity index (χ1) is 13.3. The van der Waals surface area contributed by atoms with Crippen LogP contribution in [0.4, 0.5) is 13.2 Å². The third kappa shape index (κ3) is 4.86. The minimum Gasteiger partial charge on any atom is -0.351 e. The molecule has 2 aliphatic heterocycles. The molecule has 0 radical (unpaired) electrons. The Labute approximate surface area is 166 Å². The lowest BCUT2D eigenvalue weighted by atomic mass is 9.99. The lowest BCUT2D eigenvalue weighted by Gasteiger charge is -2.39. The van der Waals surface area contributed by atoms with E-state index in [1.54, 1.807) is 18.0 Å². The lowest BCUT2D eigenvalue weighted by Crippen LogP contribution is -2.53. The summed E-state index contributed by atoms with van der Waals surface area (Å²) in [5.74, 6) is -3.46. The molecule has 5 nitrogen and oxygen atoms in total. The van der Waals surface area contributed by atoms with E-state index in [0.29, 0.717) is 19.5 Å². The number of likely N-dealkylation sites (tertiary alicyclic amines) is 1. The molecule has 0 spiro atoms. The van der Waals surface area contributed by atoms with Crippen molar-refractivity contribution in [1.29, 1.82) is 0 Å². The largest absolute Gasteiger partial charge is 0.351 e. The fourth-order valence-electron chi connectivity index (χ4n) is 3.45. The molecule has 1 saturated heterocycles. The van der Waals surface area contributed by atoms with Crippen molar-refractivity contribution in [2.75, 3.05) is 26.2 Å². The molecule has 1 aromatic rings. The Balaban J connectivity index is 1.77. The van der Waals surface area contributed by atoms with Crippen molar-refractivity contribution in [2.24, 2.45) is 4.99 Å². The van der Waals surface area contributed by atoms with Gasteiger partial charge in [0.2, 0.25) is 0 Å². The van der Waals surface area contributed by atoms with Crippen molar-refractivity contribution >= 4 is 23.3 Å². The highest BCUT2D eigenvalue weighted by atomic mass is 35.5. The second kappa shape index (κ2) is 8.53. The molecular weight excluding hydrogens is 393 g/mol. The Hall–Kier alpha value is -2.06. The van der Waals surface area contributed by atoms with E-state index in [4.69, 9.17) is 11.6 Å². The topological polar surface area (TPSA) is 56.7 Å². The number of amidine groups is 1. The van der Waals surface area contributed by atoms with Crippen LogP contribution in [0.25, 0.3) is 0 Å². The Morgan fingerprint density at radius 2 is 2.25 bits per heavy atom. The smallest absolute Gasteiger partial charge is 0.260 e. The Morgan fingerprint density at radius 1 is 1.46 bits per heavy atom. The van der Waals surface area contributed by atoms with Gasteiger partial charge in [-0.05, 0) is 37.6 Å². The van der Waals surface area contributed by atoms with E-state index in [9.17, 15) is 18.0 Å². The molecule has 152 valence electrons. The minimum absolute atomic E-state index is 0.00247. The van der Waals surface area contributed by atoms with Crippen LogP contribution in [0.1, 0.15) is 30.1 Å². The fourth-order valence-corrected chi connectivity index (χ4v) is 3.70. The van der Waals surface area contributed by atoms with E-state index < -0.39 is 30.2 Å². The number of halogens is 4. The molecule has 0 aromatic heterocycles. The molecule has 1 amide bonds. The molecule has 2 aliphatic rings. The van der Waals surface area contributed by atoms with Crippen molar-refractivity contribution in [3.63, 3.8) is 0 Å². The fraction of sp³-hybridized carbons (Fsp3) is 0.474. The predicted octanol–water partition coefficient (Wildman–Crippen LogP) is 3.21. The zero-order valence-electron chi connectivity index (χ0n) is 15.4. The molecule has 0 saturated carbocycles. The summed E-state index contributed by atoms with van der Waals surface area (Å²) < 4.78 is 41.9. The molecule has 1 atom stereocenters. The predicted molar refractivity (Wildman–Crippen MR) is 102 cm³/mol. The minimum atomic E-state index is -2.78. The standard InChI is InChI=1S/C19H22ClF3N4O/c1-12-24-8-13(9-25-12)16(27-7-3-6-19(22,23)11-27)10-26-18(28)17-14(20)4-2-5-15(17)21/h2,4-5,8,16H,3,6-7,9-11H2,1H3,(H,24,25)(H,26,28). The molecule has 1 unspecified atom stereocenters. The van der Waals surface area contributed by atoms with E-state index in [1.807, 2.05) is 0 Å². The van der Waals surface area contributed by atoms with Gasteiger partial charge in [0.05, 0.1) is 35.6 Å². The first-order valence-corrected chi connectivity index (χ1v) is 9.45. The Kier molecular flexibility index (Phi) is 6.30. The average molecular weight is 415 g/mol. The quantitative estimate of drug-likeness (QED) is 0.778. The monoisotopic (exact) mass is 414 g/mol. The van der Waals surface area contributed by atoms with E-state index in [1.165, 1.54) is 12.1 Å². The highest BCUT2D eigenvalue weighted by Gasteiger charge is 2.39. The van der Waals surface area contributed by atoms with Gasteiger partial charge in [0.25, 0.3) is 11.8 Å². The van der Waals surface area contributed by atoms with Gasteiger partial charge in [-0.3, -0.25) is 14.7 Å². The van der Waals surface area contributed by atoms with Gasteiger partial charge in [0, 0.05) is 19.2 Å². The molecule has 1 fully saturated rings.